The highest BCUT2D eigenvalue weighted by atomic mass is 32.2. The zero-order valence-corrected chi connectivity index (χ0v) is 14.5. The third kappa shape index (κ3) is 6.54. The SMILES string of the molecule is COCCOCOCCS(=O)(=O)c1ccc(C(C)(C)OO)cc1. The van der Waals surface area contributed by atoms with Crippen LogP contribution in [0.4, 0.5) is 0 Å². The molecule has 0 spiro atoms. The number of rotatable bonds is 11. The fourth-order valence-electron chi connectivity index (χ4n) is 1.72. The van der Waals surface area contributed by atoms with Gasteiger partial charge in [0.15, 0.2) is 9.84 Å². The third-order valence-corrected chi connectivity index (χ3v) is 4.93. The summed E-state index contributed by atoms with van der Waals surface area (Å²) in [6, 6.07) is 6.19. The Balaban J connectivity index is 2.50. The number of benzene rings is 1. The summed E-state index contributed by atoms with van der Waals surface area (Å²) in [6.45, 7) is 4.28. The molecule has 0 saturated carbocycles. The van der Waals surface area contributed by atoms with Crippen molar-refractivity contribution in [3.05, 3.63) is 29.8 Å². The summed E-state index contributed by atoms with van der Waals surface area (Å²) < 4.78 is 39.4. The zero-order valence-electron chi connectivity index (χ0n) is 13.6. The topological polar surface area (TPSA) is 91.3 Å². The molecule has 1 rings (SSSR count). The standard InChI is InChI=1S/C15H24O7S/c1-15(2,22-16)13-4-6-14(7-5-13)23(17,18)11-10-21-12-20-9-8-19-3/h4-7,16H,8-12H2,1-3H3. The van der Waals surface area contributed by atoms with Crippen molar-refractivity contribution in [2.75, 3.05) is 39.5 Å². The number of hydrogen-bond donors (Lipinski definition) is 1. The predicted molar refractivity (Wildman–Crippen MR) is 83.9 cm³/mol. The van der Waals surface area contributed by atoms with Crippen LogP contribution in [0.3, 0.4) is 0 Å². The van der Waals surface area contributed by atoms with E-state index in [4.69, 9.17) is 19.5 Å². The minimum atomic E-state index is -3.44. The molecule has 0 bridgehead atoms. The van der Waals surface area contributed by atoms with Gasteiger partial charge in [0, 0.05) is 7.11 Å². The molecule has 0 aliphatic heterocycles. The van der Waals surface area contributed by atoms with Crippen molar-refractivity contribution in [2.24, 2.45) is 0 Å². The van der Waals surface area contributed by atoms with Gasteiger partial charge in [0.05, 0.1) is 30.5 Å². The predicted octanol–water partition coefficient (Wildman–Crippen LogP) is 1.82. The maximum atomic E-state index is 12.2. The third-order valence-electron chi connectivity index (χ3n) is 3.23. The molecule has 0 unspecified atom stereocenters. The fourth-order valence-corrected chi connectivity index (χ4v) is 2.85. The van der Waals surface area contributed by atoms with Crippen LogP contribution in [0.5, 0.6) is 0 Å². The van der Waals surface area contributed by atoms with E-state index in [2.05, 4.69) is 4.89 Å². The smallest absolute Gasteiger partial charge is 0.180 e. The van der Waals surface area contributed by atoms with Crippen LogP contribution in [0, 0.1) is 0 Å². The lowest BCUT2D eigenvalue weighted by Gasteiger charge is -2.21. The maximum Gasteiger partial charge on any atom is 0.180 e. The van der Waals surface area contributed by atoms with Gasteiger partial charge < -0.3 is 14.2 Å². The molecule has 0 radical (unpaired) electrons. The van der Waals surface area contributed by atoms with E-state index in [1.54, 1.807) is 33.1 Å². The van der Waals surface area contributed by atoms with Gasteiger partial charge in [0.2, 0.25) is 0 Å². The van der Waals surface area contributed by atoms with E-state index in [1.165, 1.54) is 12.1 Å². The molecule has 23 heavy (non-hydrogen) atoms. The summed E-state index contributed by atoms with van der Waals surface area (Å²) in [4.78, 5) is 4.57. The van der Waals surface area contributed by atoms with Crippen LogP contribution >= 0.6 is 0 Å². The van der Waals surface area contributed by atoms with Crippen LogP contribution in [0.15, 0.2) is 29.2 Å². The lowest BCUT2D eigenvalue weighted by Crippen LogP contribution is -2.20. The Bertz CT molecular complexity index is 552. The van der Waals surface area contributed by atoms with E-state index in [1.807, 2.05) is 0 Å². The molecule has 0 fully saturated rings. The Labute approximate surface area is 137 Å². The van der Waals surface area contributed by atoms with Crippen LogP contribution in [0.25, 0.3) is 0 Å². The van der Waals surface area contributed by atoms with E-state index in [0.717, 1.165) is 0 Å². The number of sulfone groups is 1. The summed E-state index contributed by atoms with van der Waals surface area (Å²) in [5, 5.41) is 8.84. The van der Waals surface area contributed by atoms with Crippen LogP contribution in [0.1, 0.15) is 19.4 Å². The molecule has 8 heteroatoms. The van der Waals surface area contributed by atoms with E-state index < -0.39 is 15.4 Å². The molecule has 1 aromatic rings. The van der Waals surface area contributed by atoms with E-state index in [0.29, 0.717) is 18.8 Å². The van der Waals surface area contributed by atoms with Crippen LogP contribution < -0.4 is 0 Å². The quantitative estimate of drug-likeness (QED) is 0.282. The lowest BCUT2D eigenvalue weighted by molar-refractivity contribution is -0.318. The van der Waals surface area contributed by atoms with Gasteiger partial charge in [-0.05, 0) is 31.5 Å². The van der Waals surface area contributed by atoms with Gasteiger partial charge in [-0.3, -0.25) is 5.26 Å². The lowest BCUT2D eigenvalue weighted by atomic mass is 9.99. The highest BCUT2D eigenvalue weighted by molar-refractivity contribution is 7.91. The van der Waals surface area contributed by atoms with Crippen molar-refractivity contribution in [1.29, 1.82) is 0 Å². The molecule has 7 nitrogen and oxygen atoms in total. The Hall–Kier alpha value is -1.03. The van der Waals surface area contributed by atoms with Crippen molar-refractivity contribution in [3.63, 3.8) is 0 Å². The van der Waals surface area contributed by atoms with Gasteiger partial charge in [0.1, 0.15) is 12.4 Å². The molecular formula is C15H24O7S. The van der Waals surface area contributed by atoms with Crippen LogP contribution in [0.2, 0.25) is 0 Å². The molecular weight excluding hydrogens is 324 g/mol. The summed E-state index contributed by atoms with van der Waals surface area (Å²) in [6.07, 6.45) is 0. The van der Waals surface area contributed by atoms with Crippen LogP contribution in [-0.4, -0.2) is 53.2 Å². The van der Waals surface area contributed by atoms with Gasteiger partial charge in [-0.15, -0.1) is 0 Å². The van der Waals surface area contributed by atoms with Crippen LogP contribution in [-0.2, 0) is 34.5 Å². The molecule has 0 heterocycles. The van der Waals surface area contributed by atoms with Gasteiger partial charge in [-0.2, -0.15) is 0 Å². The first-order chi connectivity index (χ1) is 10.8. The molecule has 0 aliphatic rings. The average molecular weight is 348 g/mol. The molecule has 0 aliphatic carbocycles. The highest BCUT2D eigenvalue weighted by Crippen LogP contribution is 2.24. The molecule has 1 aromatic carbocycles. The maximum absolute atomic E-state index is 12.2. The van der Waals surface area contributed by atoms with Gasteiger partial charge in [-0.1, -0.05) is 12.1 Å². The normalized spacial score (nSPS) is 12.5. The minimum absolute atomic E-state index is 0.0276. The summed E-state index contributed by atoms with van der Waals surface area (Å²) in [7, 11) is -1.87. The molecule has 0 saturated heterocycles. The van der Waals surface area contributed by atoms with Gasteiger partial charge >= 0.3 is 0 Å². The zero-order chi connectivity index (χ0) is 17.3. The number of hydrogen-bond acceptors (Lipinski definition) is 7. The van der Waals surface area contributed by atoms with E-state index >= 15 is 0 Å². The Kier molecular flexibility index (Phi) is 8.10. The van der Waals surface area contributed by atoms with Gasteiger partial charge in [0.25, 0.3) is 0 Å². The Morgan fingerprint density at radius 2 is 1.65 bits per heavy atom. The van der Waals surface area contributed by atoms with Crippen molar-refractivity contribution < 1.29 is 32.8 Å². The largest absolute Gasteiger partial charge is 0.382 e. The minimum Gasteiger partial charge on any atom is -0.382 e. The summed E-state index contributed by atoms with van der Waals surface area (Å²) >= 11 is 0. The fraction of sp³-hybridized carbons (Fsp3) is 0.600. The molecule has 132 valence electrons. The average Bonchev–Trinajstić information content (AvgIpc) is 2.54. The second-order valence-electron chi connectivity index (χ2n) is 5.37. The highest BCUT2D eigenvalue weighted by Gasteiger charge is 2.22. The first-order valence-electron chi connectivity index (χ1n) is 7.14. The first-order valence-corrected chi connectivity index (χ1v) is 8.79. The molecule has 0 atom stereocenters. The molecule has 0 aromatic heterocycles. The van der Waals surface area contributed by atoms with Crippen molar-refractivity contribution >= 4 is 9.84 Å². The molecule has 1 N–H and O–H groups in total. The van der Waals surface area contributed by atoms with Crippen molar-refractivity contribution in [1.82, 2.24) is 0 Å². The first kappa shape index (κ1) is 20.0. The van der Waals surface area contributed by atoms with E-state index in [-0.39, 0.29) is 24.0 Å². The molecule has 0 amide bonds. The summed E-state index contributed by atoms with van der Waals surface area (Å²) in [5.74, 6) is -0.139. The number of methoxy groups -OCH3 is 1. The van der Waals surface area contributed by atoms with Crippen molar-refractivity contribution in [2.45, 2.75) is 24.3 Å². The van der Waals surface area contributed by atoms with E-state index in [9.17, 15) is 8.42 Å². The number of ether oxygens (including phenoxy) is 3. The van der Waals surface area contributed by atoms with Gasteiger partial charge in [-0.25, -0.2) is 13.3 Å². The second-order valence-corrected chi connectivity index (χ2v) is 7.48. The Morgan fingerprint density at radius 3 is 2.22 bits per heavy atom. The monoisotopic (exact) mass is 348 g/mol. The van der Waals surface area contributed by atoms with Crippen molar-refractivity contribution in [3.8, 4) is 0 Å². The Morgan fingerprint density at radius 1 is 1.04 bits per heavy atom. The second kappa shape index (κ2) is 9.31. The summed E-state index contributed by atoms with van der Waals surface area (Å²) in [5.41, 5.74) is -0.230.